The number of carbonyl (C=O) groups is 1. The zero-order valence-electron chi connectivity index (χ0n) is 20.9. The Hall–Kier alpha value is -4.66. The third-order valence-corrected chi connectivity index (χ3v) is 6.25. The Balaban J connectivity index is 1.45. The molecule has 0 saturated carbocycles. The molecule has 1 amide bonds. The lowest BCUT2D eigenvalue weighted by molar-refractivity contribution is 0.102. The first-order chi connectivity index (χ1) is 18.0. The highest BCUT2D eigenvalue weighted by Crippen LogP contribution is 2.35. The van der Waals surface area contributed by atoms with Gasteiger partial charge in [0.25, 0.3) is 5.91 Å². The SMILES string of the molecule is CCCCn1ncc(C)c1NC(=O)c1ccc2nc(-c3cc(-c4cccnc4OC)ccc3O)[nH]c2c1. The summed E-state index contributed by atoms with van der Waals surface area (Å²) in [6.45, 7) is 4.79. The molecular weight excluding hydrogens is 468 g/mol. The number of hydrogen-bond donors (Lipinski definition) is 3. The molecule has 0 aliphatic rings. The number of fused-ring (bicyclic) bond motifs is 1. The van der Waals surface area contributed by atoms with Crippen molar-refractivity contribution in [2.24, 2.45) is 0 Å². The minimum Gasteiger partial charge on any atom is -0.507 e. The molecule has 0 radical (unpaired) electrons. The van der Waals surface area contributed by atoms with Gasteiger partial charge in [-0.05, 0) is 61.4 Å². The van der Waals surface area contributed by atoms with E-state index in [1.54, 1.807) is 49.8 Å². The summed E-state index contributed by atoms with van der Waals surface area (Å²) in [5, 5.41) is 18.0. The van der Waals surface area contributed by atoms with Crippen LogP contribution in [0.3, 0.4) is 0 Å². The number of phenols is 1. The topological polar surface area (TPSA) is 118 Å². The molecule has 5 rings (SSSR count). The molecule has 0 bridgehead atoms. The van der Waals surface area contributed by atoms with E-state index in [1.807, 2.05) is 29.8 Å². The number of benzene rings is 2. The van der Waals surface area contributed by atoms with Crippen molar-refractivity contribution in [3.63, 3.8) is 0 Å². The number of amides is 1. The van der Waals surface area contributed by atoms with Gasteiger partial charge in [-0.3, -0.25) is 4.79 Å². The maximum atomic E-state index is 13.1. The number of nitrogens with one attached hydrogen (secondary N) is 2. The van der Waals surface area contributed by atoms with E-state index in [1.165, 1.54) is 0 Å². The molecule has 3 aromatic heterocycles. The van der Waals surface area contributed by atoms with Crippen molar-refractivity contribution in [2.45, 2.75) is 33.2 Å². The van der Waals surface area contributed by atoms with E-state index in [9.17, 15) is 9.90 Å². The van der Waals surface area contributed by atoms with Gasteiger partial charge in [-0.25, -0.2) is 14.6 Å². The smallest absolute Gasteiger partial charge is 0.256 e. The Bertz CT molecular complexity index is 1590. The van der Waals surface area contributed by atoms with E-state index in [-0.39, 0.29) is 11.7 Å². The number of methoxy groups -OCH3 is 1. The number of aromatic nitrogens is 5. The second kappa shape index (κ2) is 10.1. The first kappa shape index (κ1) is 24.1. The fourth-order valence-corrected chi connectivity index (χ4v) is 4.24. The third-order valence-electron chi connectivity index (χ3n) is 6.25. The van der Waals surface area contributed by atoms with Crippen molar-refractivity contribution < 1.29 is 14.6 Å². The van der Waals surface area contributed by atoms with Crippen LogP contribution in [-0.2, 0) is 6.54 Å². The van der Waals surface area contributed by atoms with Crippen LogP contribution >= 0.6 is 0 Å². The van der Waals surface area contributed by atoms with E-state index in [0.717, 1.165) is 36.1 Å². The van der Waals surface area contributed by atoms with Crippen LogP contribution in [0.4, 0.5) is 5.82 Å². The Morgan fingerprint density at radius 3 is 2.84 bits per heavy atom. The number of pyridine rings is 1. The zero-order chi connectivity index (χ0) is 25.9. The number of rotatable bonds is 8. The lowest BCUT2D eigenvalue weighted by Gasteiger charge is -2.10. The Kier molecular flexibility index (Phi) is 6.59. The van der Waals surface area contributed by atoms with Crippen LogP contribution in [0.5, 0.6) is 11.6 Å². The molecule has 0 aliphatic carbocycles. The number of anilines is 1. The lowest BCUT2D eigenvalue weighted by atomic mass is 10.0. The van der Waals surface area contributed by atoms with Crippen LogP contribution < -0.4 is 10.1 Å². The van der Waals surface area contributed by atoms with Gasteiger partial charge in [-0.2, -0.15) is 5.10 Å². The summed E-state index contributed by atoms with van der Waals surface area (Å²) in [5.41, 5.74) is 4.92. The van der Waals surface area contributed by atoms with Crippen LogP contribution in [0.2, 0.25) is 0 Å². The van der Waals surface area contributed by atoms with Gasteiger partial charge in [0, 0.05) is 29.4 Å². The van der Waals surface area contributed by atoms with Gasteiger partial charge in [0.2, 0.25) is 5.88 Å². The van der Waals surface area contributed by atoms with Crippen molar-refractivity contribution in [3.8, 4) is 34.1 Å². The standard InChI is InChI=1S/C28H28N6O3/c1-4-5-13-34-26(17(2)16-30-34)33-27(36)19-8-10-22-23(15-19)32-25(31-22)21-14-18(9-11-24(21)35)20-7-6-12-29-28(20)37-3/h6-12,14-16,35H,4-5,13H2,1-3H3,(H,31,32)(H,33,36). The number of unbranched alkanes of at least 4 members (excludes halogenated alkanes) is 1. The number of hydrogen-bond acceptors (Lipinski definition) is 6. The predicted octanol–water partition coefficient (Wildman–Crippen LogP) is 5.56. The summed E-state index contributed by atoms with van der Waals surface area (Å²) in [6, 6.07) is 14.3. The maximum absolute atomic E-state index is 13.1. The van der Waals surface area contributed by atoms with Gasteiger partial charge in [0.15, 0.2) is 0 Å². The number of aromatic amines is 1. The van der Waals surface area contributed by atoms with Crippen molar-refractivity contribution >= 4 is 22.8 Å². The number of imidazole rings is 1. The minimum atomic E-state index is -0.229. The minimum absolute atomic E-state index is 0.0828. The van der Waals surface area contributed by atoms with Crippen molar-refractivity contribution in [3.05, 3.63) is 72.1 Å². The van der Waals surface area contributed by atoms with Crippen molar-refractivity contribution in [1.29, 1.82) is 0 Å². The average molecular weight is 497 g/mol. The highest BCUT2D eigenvalue weighted by atomic mass is 16.5. The van der Waals surface area contributed by atoms with Crippen LogP contribution in [0.15, 0.2) is 60.9 Å². The lowest BCUT2D eigenvalue weighted by Crippen LogP contribution is -2.16. The first-order valence-electron chi connectivity index (χ1n) is 12.1. The Labute approximate surface area is 214 Å². The molecule has 37 heavy (non-hydrogen) atoms. The molecule has 3 N–H and O–H groups in total. The molecule has 0 aliphatic heterocycles. The second-order valence-corrected chi connectivity index (χ2v) is 8.82. The third kappa shape index (κ3) is 4.75. The number of aryl methyl sites for hydroxylation is 2. The molecule has 188 valence electrons. The van der Waals surface area contributed by atoms with Gasteiger partial charge in [0.05, 0.1) is 29.9 Å². The number of carbonyl (C=O) groups excluding carboxylic acids is 1. The van der Waals surface area contributed by atoms with Crippen LogP contribution in [-0.4, -0.2) is 42.9 Å². The van der Waals surface area contributed by atoms with Gasteiger partial charge in [-0.15, -0.1) is 0 Å². The molecule has 0 unspecified atom stereocenters. The molecule has 0 atom stereocenters. The number of nitrogens with zero attached hydrogens (tertiary/aromatic N) is 4. The van der Waals surface area contributed by atoms with Crippen LogP contribution in [0.1, 0.15) is 35.7 Å². The van der Waals surface area contributed by atoms with E-state index in [2.05, 4.69) is 32.3 Å². The summed E-state index contributed by atoms with van der Waals surface area (Å²) in [4.78, 5) is 25.2. The maximum Gasteiger partial charge on any atom is 0.256 e. The predicted molar refractivity (Wildman–Crippen MR) is 143 cm³/mol. The summed E-state index contributed by atoms with van der Waals surface area (Å²) in [5.74, 6) is 1.54. The fraction of sp³-hybridized carbons (Fsp3) is 0.214. The second-order valence-electron chi connectivity index (χ2n) is 8.82. The van der Waals surface area contributed by atoms with Gasteiger partial charge < -0.3 is 20.1 Å². The van der Waals surface area contributed by atoms with Crippen molar-refractivity contribution in [2.75, 3.05) is 12.4 Å². The molecule has 0 fully saturated rings. The molecule has 9 heteroatoms. The molecule has 2 aromatic carbocycles. The van der Waals surface area contributed by atoms with E-state index in [0.29, 0.717) is 39.7 Å². The van der Waals surface area contributed by atoms with Crippen molar-refractivity contribution in [1.82, 2.24) is 24.7 Å². The molecule has 3 heterocycles. The van der Waals surface area contributed by atoms with E-state index in [4.69, 9.17) is 4.74 Å². The van der Waals surface area contributed by atoms with Gasteiger partial charge in [0.1, 0.15) is 17.4 Å². The average Bonchev–Trinajstić information content (AvgIpc) is 3.50. The van der Waals surface area contributed by atoms with Crippen LogP contribution in [0.25, 0.3) is 33.5 Å². The quantitative estimate of drug-likeness (QED) is 0.259. The highest BCUT2D eigenvalue weighted by Gasteiger charge is 2.17. The van der Waals surface area contributed by atoms with Crippen LogP contribution in [0, 0.1) is 6.92 Å². The normalized spacial score (nSPS) is 11.1. The largest absolute Gasteiger partial charge is 0.507 e. The monoisotopic (exact) mass is 496 g/mol. The number of phenolic OH excluding ortho intramolecular Hbond substituents is 1. The molecule has 0 spiro atoms. The molecule has 0 saturated heterocycles. The van der Waals surface area contributed by atoms with Gasteiger partial charge in [-0.1, -0.05) is 19.4 Å². The van der Waals surface area contributed by atoms with Gasteiger partial charge >= 0.3 is 0 Å². The highest BCUT2D eigenvalue weighted by molar-refractivity contribution is 6.06. The van der Waals surface area contributed by atoms with E-state index < -0.39 is 0 Å². The molecule has 9 nitrogen and oxygen atoms in total. The number of aromatic hydroxyl groups is 1. The summed E-state index contributed by atoms with van der Waals surface area (Å²) in [6.07, 6.45) is 5.45. The number of H-pyrrole nitrogens is 1. The summed E-state index contributed by atoms with van der Waals surface area (Å²) in [7, 11) is 1.57. The Morgan fingerprint density at radius 2 is 2.03 bits per heavy atom. The number of ether oxygens (including phenoxy) is 1. The zero-order valence-corrected chi connectivity index (χ0v) is 20.9. The fourth-order valence-electron chi connectivity index (χ4n) is 4.24. The molecular formula is C28H28N6O3. The summed E-state index contributed by atoms with van der Waals surface area (Å²) < 4.78 is 7.22. The van der Waals surface area contributed by atoms with E-state index >= 15 is 0 Å². The first-order valence-corrected chi connectivity index (χ1v) is 12.1. The Morgan fingerprint density at radius 1 is 1.16 bits per heavy atom. The molecule has 5 aromatic rings. The summed E-state index contributed by atoms with van der Waals surface area (Å²) >= 11 is 0.